The fraction of sp³-hybridized carbons (Fsp3) is 0.600. The lowest BCUT2D eigenvalue weighted by molar-refractivity contribution is 0.553. The first-order valence-corrected chi connectivity index (χ1v) is 7.13. The van der Waals surface area contributed by atoms with Crippen molar-refractivity contribution < 1.29 is 4.21 Å². The molecule has 1 N–H and O–H groups in total. The standard InChI is InChI=1S/C10H17NOS2/c1-3-9(11-4-2)8-14(12)10-6-5-7-13-10/h5-7,9,11H,3-4,8H2,1-2H3. The fourth-order valence-electron chi connectivity index (χ4n) is 1.27. The largest absolute Gasteiger partial charge is 0.313 e. The molecule has 2 nitrogen and oxygen atoms in total. The van der Waals surface area contributed by atoms with Crippen molar-refractivity contribution >= 4 is 22.1 Å². The van der Waals surface area contributed by atoms with Gasteiger partial charge in [-0.05, 0) is 24.4 Å². The van der Waals surface area contributed by atoms with Crippen LogP contribution in [0.4, 0.5) is 0 Å². The summed E-state index contributed by atoms with van der Waals surface area (Å²) in [4.78, 5) is 0. The molecule has 2 atom stereocenters. The lowest BCUT2D eigenvalue weighted by Gasteiger charge is -2.14. The topological polar surface area (TPSA) is 29.1 Å². The van der Waals surface area contributed by atoms with Crippen molar-refractivity contribution in [1.82, 2.24) is 5.32 Å². The van der Waals surface area contributed by atoms with Crippen LogP contribution < -0.4 is 5.32 Å². The molecule has 0 saturated carbocycles. The molecule has 0 bridgehead atoms. The van der Waals surface area contributed by atoms with E-state index in [1.165, 1.54) is 0 Å². The number of thiophene rings is 1. The second-order valence-corrected chi connectivity index (χ2v) is 5.78. The van der Waals surface area contributed by atoms with Crippen LogP contribution in [0.5, 0.6) is 0 Å². The van der Waals surface area contributed by atoms with Crippen molar-refractivity contribution in [3.8, 4) is 0 Å². The Morgan fingerprint density at radius 2 is 2.36 bits per heavy atom. The highest BCUT2D eigenvalue weighted by Gasteiger charge is 2.11. The smallest absolute Gasteiger partial charge is 0.0911 e. The molecule has 0 aliphatic rings. The number of rotatable bonds is 6. The average molecular weight is 231 g/mol. The maximum atomic E-state index is 11.8. The summed E-state index contributed by atoms with van der Waals surface area (Å²) in [6.07, 6.45) is 1.03. The molecule has 0 fully saturated rings. The molecule has 14 heavy (non-hydrogen) atoms. The normalized spacial score (nSPS) is 15.3. The van der Waals surface area contributed by atoms with Crippen molar-refractivity contribution in [3.63, 3.8) is 0 Å². The van der Waals surface area contributed by atoms with E-state index in [9.17, 15) is 4.21 Å². The van der Waals surface area contributed by atoms with Crippen LogP contribution in [0.2, 0.25) is 0 Å². The number of hydrogen-bond donors (Lipinski definition) is 1. The molecular weight excluding hydrogens is 214 g/mol. The molecule has 0 aliphatic carbocycles. The molecule has 1 aromatic heterocycles. The third kappa shape index (κ3) is 3.52. The quantitative estimate of drug-likeness (QED) is 0.813. The molecule has 0 aliphatic heterocycles. The molecule has 0 radical (unpaired) electrons. The summed E-state index contributed by atoms with van der Waals surface area (Å²) in [5.74, 6) is 0.727. The fourth-order valence-corrected chi connectivity index (χ4v) is 3.63. The highest BCUT2D eigenvalue weighted by Crippen LogP contribution is 2.14. The third-order valence-corrected chi connectivity index (χ3v) is 4.86. The third-order valence-electron chi connectivity index (χ3n) is 2.06. The van der Waals surface area contributed by atoms with E-state index in [-0.39, 0.29) is 0 Å². The summed E-state index contributed by atoms with van der Waals surface area (Å²) in [5, 5.41) is 5.31. The molecule has 80 valence electrons. The Kier molecular flexibility index (Phi) is 5.37. The summed E-state index contributed by atoms with van der Waals surface area (Å²) >= 11 is 1.57. The maximum absolute atomic E-state index is 11.8. The van der Waals surface area contributed by atoms with Crippen LogP contribution in [0.25, 0.3) is 0 Å². The van der Waals surface area contributed by atoms with Gasteiger partial charge in [-0.25, -0.2) is 0 Å². The van der Waals surface area contributed by atoms with E-state index in [0.717, 1.165) is 22.9 Å². The Balaban J connectivity index is 2.47. The van der Waals surface area contributed by atoms with E-state index in [2.05, 4.69) is 19.2 Å². The van der Waals surface area contributed by atoms with E-state index in [0.29, 0.717) is 6.04 Å². The Hall–Kier alpha value is -0.190. The molecule has 0 amide bonds. The first kappa shape index (κ1) is 11.9. The summed E-state index contributed by atoms with van der Waals surface area (Å²) in [7, 11) is -0.828. The first-order chi connectivity index (χ1) is 6.77. The van der Waals surface area contributed by atoms with Gasteiger partial charge in [0.05, 0.1) is 15.0 Å². The van der Waals surface area contributed by atoms with Crippen molar-refractivity contribution in [2.24, 2.45) is 0 Å². The minimum atomic E-state index is -0.828. The van der Waals surface area contributed by atoms with Gasteiger partial charge in [0.25, 0.3) is 0 Å². The van der Waals surface area contributed by atoms with Crippen molar-refractivity contribution in [2.45, 2.75) is 30.5 Å². The second kappa shape index (κ2) is 6.32. The van der Waals surface area contributed by atoms with E-state index in [1.807, 2.05) is 17.5 Å². The van der Waals surface area contributed by atoms with Gasteiger partial charge in [0, 0.05) is 11.8 Å². The van der Waals surface area contributed by atoms with Gasteiger partial charge in [-0.15, -0.1) is 11.3 Å². The molecular formula is C10H17NOS2. The van der Waals surface area contributed by atoms with Gasteiger partial charge in [0.2, 0.25) is 0 Å². The second-order valence-electron chi connectivity index (χ2n) is 3.11. The van der Waals surface area contributed by atoms with Gasteiger partial charge in [0.15, 0.2) is 0 Å². The summed E-state index contributed by atoms with van der Waals surface area (Å²) in [5.41, 5.74) is 0. The molecule has 1 aromatic rings. The van der Waals surface area contributed by atoms with Crippen molar-refractivity contribution in [2.75, 3.05) is 12.3 Å². The molecule has 0 aromatic carbocycles. The summed E-state index contributed by atoms with van der Waals surface area (Å²) in [6, 6.07) is 4.27. The number of nitrogens with one attached hydrogen (secondary N) is 1. The predicted molar refractivity (Wildman–Crippen MR) is 63.4 cm³/mol. The molecule has 0 saturated heterocycles. The van der Waals surface area contributed by atoms with Crippen LogP contribution in [0.3, 0.4) is 0 Å². The van der Waals surface area contributed by atoms with Gasteiger partial charge in [-0.2, -0.15) is 0 Å². The molecule has 1 rings (SSSR count). The van der Waals surface area contributed by atoms with E-state index in [4.69, 9.17) is 0 Å². The Morgan fingerprint density at radius 1 is 1.57 bits per heavy atom. The summed E-state index contributed by atoms with van der Waals surface area (Å²) < 4.78 is 12.8. The van der Waals surface area contributed by atoms with E-state index in [1.54, 1.807) is 11.3 Å². The van der Waals surface area contributed by atoms with Gasteiger partial charge in [-0.3, -0.25) is 4.21 Å². The monoisotopic (exact) mass is 231 g/mol. The van der Waals surface area contributed by atoms with Gasteiger partial charge in [0.1, 0.15) is 0 Å². The Labute approximate surface area is 92.2 Å². The van der Waals surface area contributed by atoms with Gasteiger partial charge in [-0.1, -0.05) is 19.9 Å². The number of hydrogen-bond acceptors (Lipinski definition) is 3. The van der Waals surface area contributed by atoms with E-state index >= 15 is 0 Å². The van der Waals surface area contributed by atoms with Crippen LogP contribution in [-0.4, -0.2) is 22.5 Å². The lowest BCUT2D eigenvalue weighted by Crippen LogP contribution is -2.33. The van der Waals surface area contributed by atoms with Gasteiger partial charge < -0.3 is 5.32 Å². The minimum absolute atomic E-state index is 0.378. The maximum Gasteiger partial charge on any atom is 0.0911 e. The Morgan fingerprint density at radius 3 is 2.86 bits per heavy atom. The summed E-state index contributed by atoms with van der Waals surface area (Å²) in [6.45, 7) is 5.15. The Bertz CT molecular complexity index is 272. The van der Waals surface area contributed by atoms with Crippen LogP contribution >= 0.6 is 11.3 Å². The SMILES string of the molecule is CCNC(CC)CS(=O)c1cccs1. The highest BCUT2D eigenvalue weighted by molar-refractivity contribution is 7.87. The van der Waals surface area contributed by atoms with Crippen molar-refractivity contribution in [1.29, 1.82) is 0 Å². The highest BCUT2D eigenvalue weighted by atomic mass is 32.2. The van der Waals surface area contributed by atoms with Crippen LogP contribution in [-0.2, 0) is 10.8 Å². The molecule has 1 heterocycles. The first-order valence-electron chi connectivity index (χ1n) is 4.93. The molecule has 0 spiro atoms. The van der Waals surface area contributed by atoms with E-state index < -0.39 is 10.8 Å². The zero-order valence-corrected chi connectivity index (χ0v) is 10.3. The molecule has 2 unspecified atom stereocenters. The zero-order chi connectivity index (χ0) is 10.4. The van der Waals surface area contributed by atoms with Crippen LogP contribution in [0.1, 0.15) is 20.3 Å². The zero-order valence-electron chi connectivity index (χ0n) is 8.66. The lowest BCUT2D eigenvalue weighted by atomic mass is 10.2. The minimum Gasteiger partial charge on any atom is -0.313 e. The van der Waals surface area contributed by atoms with Crippen LogP contribution in [0.15, 0.2) is 21.7 Å². The molecule has 4 heteroatoms. The van der Waals surface area contributed by atoms with Crippen LogP contribution in [0, 0.1) is 0 Å². The average Bonchev–Trinajstić information content (AvgIpc) is 2.69. The van der Waals surface area contributed by atoms with Crippen molar-refractivity contribution in [3.05, 3.63) is 17.5 Å². The van der Waals surface area contributed by atoms with Gasteiger partial charge >= 0.3 is 0 Å². The predicted octanol–water partition coefficient (Wildman–Crippen LogP) is 2.24.